The summed E-state index contributed by atoms with van der Waals surface area (Å²) in [7, 11) is 3.98. The zero-order valence-corrected chi connectivity index (χ0v) is 34.6. The Morgan fingerprint density at radius 1 is 0.710 bits per heavy atom. The summed E-state index contributed by atoms with van der Waals surface area (Å²) in [5, 5.41) is 7.39. The van der Waals surface area contributed by atoms with Gasteiger partial charge in [0.05, 0.1) is 63.9 Å². The Hall–Kier alpha value is -7.04. The summed E-state index contributed by atoms with van der Waals surface area (Å²) >= 11 is 0. The van der Waals surface area contributed by atoms with E-state index >= 15 is 0 Å². The average Bonchev–Trinajstić information content (AvgIpc) is 4.13. The summed E-state index contributed by atoms with van der Waals surface area (Å²) in [6.45, 7) is 1.47. The normalized spacial score (nSPS) is 17.3. The molecular weight excluding hydrogens is 793 g/mol. The summed E-state index contributed by atoms with van der Waals surface area (Å²) in [5.74, 6) is 0.735. The lowest BCUT2D eigenvalue weighted by molar-refractivity contribution is -0.144. The fourth-order valence-electron chi connectivity index (χ4n) is 8.17. The fourth-order valence-corrected chi connectivity index (χ4v) is 8.17. The molecule has 62 heavy (non-hydrogen) atoms. The quantitative estimate of drug-likeness (QED) is 0.108. The van der Waals surface area contributed by atoms with Crippen LogP contribution in [0.4, 0.5) is 9.59 Å². The van der Waals surface area contributed by atoms with Crippen LogP contribution < -0.4 is 10.6 Å². The van der Waals surface area contributed by atoms with Crippen LogP contribution in [0.1, 0.15) is 48.2 Å². The van der Waals surface area contributed by atoms with Gasteiger partial charge in [0, 0.05) is 25.8 Å². The van der Waals surface area contributed by atoms with Gasteiger partial charge in [-0.3, -0.25) is 9.59 Å². The molecule has 8 rings (SSSR count). The van der Waals surface area contributed by atoms with Crippen molar-refractivity contribution in [1.29, 1.82) is 0 Å². The number of nitrogens with one attached hydrogen (secondary N) is 4. The number of alkyl carbamates (subject to hydrolysis) is 2. The molecule has 0 unspecified atom stereocenters. The molecular formula is C46H48N8O8. The number of H-pyrrole nitrogens is 2. The number of aromatic nitrogens is 4. The summed E-state index contributed by atoms with van der Waals surface area (Å²) < 4.78 is 20.5. The first kappa shape index (κ1) is 41.7. The summed E-state index contributed by atoms with van der Waals surface area (Å²) in [5.41, 5.74) is 6.32. The van der Waals surface area contributed by atoms with E-state index in [-0.39, 0.29) is 31.1 Å². The summed E-state index contributed by atoms with van der Waals surface area (Å²) in [4.78, 5) is 71.3. The van der Waals surface area contributed by atoms with Crippen molar-refractivity contribution in [3.05, 3.63) is 121 Å². The number of hydrogen-bond donors (Lipinski definition) is 4. The number of imidazole rings is 2. The highest BCUT2D eigenvalue weighted by molar-refractivity contribution is 5.91. The Kier molecular flexibility index (Phi) is 12.6. The highest BCUT2D eigenvalue weighted by Crippen LogP contribution is 2.35. The highest BCUT2D eigenvalue weighted by Gasteiger charge is 2.38. The van der Waals surface area contributed by atoms with Gasteiger partial charge in [0.25, 0.3) is 5.91 Å². The number of amides is 4. The molecule has 0 bridgehead atoms. The van der Waals surface area contributed by atoms with Crippen LogP contribution in [0, 0.1) is 0 Å². The molecule has 0 spiro atoms. The van der Waals surface area contributed by atoms with Crippen molar-refractivity contribution >= 4 is 34.8 Å². The van der Waals surface area contributed by atoms with Gasteiger partial charge in [-0.1, -0.05) is 78.9 Å². The fraction of sp³-hybridized carbons (Fsp3) is 0.304. The molecule has 4 N–H and O–H groups in total. The van der Waals surface area contributed by atoms with Gasteiger partial charge >= 0.3 is 12.2 Å². The van der Waals surface area contributed by atoms with E-state index in [1.165, 1.54) is 21.3 Å². The van der Waals surface area contributed by atoms with E-state index in [0.717, 1.165) is 57.3 Å². The third-order valence-electron chi connectivity index (χ3n) is 11.4. The van der Waals surface area contributed by atoms with Gasteiger partial charge in [0.2, 0.25) is 5.91 Å². The molecule has 2 aliphatic rings. The first-order valence-electron chi connectivity index (χ1n) is 20.4. The second-order valence-corrected chi connectivity index (χ2v) is 15.2. The number of carbonyl (C=O) groups is 4. The zero-order chi connectivity index (χ0) is 43.2. The Bertz CT molecular complexity index is 2540. The molecule has 6 aromatic rings. The number of nitrogens with zero attached hydrogens (tertiary/aromatic N) is 4. The van der Waals surface area contributed by atoms with Gasteiger partial charge in [-0.15, -0.1) is 0 Å². The molecule has 0 aliphatic carbocycles. The Labute approximate surface area is 357 Å². The number of fused-ring (bicyclic) bond motifs is 1. The lowest BCUT2D eigenvalue weighted by atomic mass is 9.98. The molecule has 0 radical (unpaired) electrons. The topological polar surface area (TPSA) is 193 Å². The predicted octanol–water partition coefficient (Wildman–Crippen LogP) is 6.32. The standard InChI is InChI=1S/C46H48N8O8/c1-59-26-37(51-45(57)60-2)43(55)54-20-21-62-27-39(54)42-48-25-36(50-42)34-18-17-32-22-31(15-16-33(32)23-34)28-11-13-29(14-12-28)35-24-47-41(49-35)38-10-7-19-53(38)44(56)40(52-46(58)61-3)30-8-5-4-6-9-30/h4-6,8-9,11-18,22-25,37-40H,7,10,19-21,26-27H2,1-3H3,(H,47,49)(H,48,50)(H,51,57)(H,52,58)/t37-,38-,39-,40+/m0/s1. The number of aromatic amines is 2. The Balaban J connectivity index is 0.945. The molecule has 4 aromatic carbocycles. The minimum atomic E-state index is -0.927. The van der Waals surface area contributed by atoms with Crippen molar-refractivity contribution in [3.63, 3.8) is 0 Å². The minimum Gasteiger partial charge on any atom is -0.453 e. The number of morpholine rings is 1. The molecule has 0 saturated carbocycles. The van der Waals surface area contributed by atoms with Gasteiger partial charge in [-0.05, 0) is 58.0 Å². The first-order valence-corrected chi connectivity index (χ1v) is 20.4. The number of rotatable bonds is 12. The number of hydrogen-bond acceptors (Lipinski definition) is 10. The number of benzene rings is 4. The number of carbonyl (C=O) groups excluding carboxylic acids is 4. The Morgan fingerprint density at radius 2 is 1.31 bits per heavy atom. The molecule has 2 fully saturated rings. The molecule has 2 aliphatic heterocycles. The van der Waals surface area contributed by atoms with Crippen LogP contribution in [0.25, 0.3) is 44.4 Å². The summed E-state index contributed by atoms with van der Waals surface area (Å²) in [6, 6.07) is 27.4. The van der Waals surface area contributed by atoms with E-state index in [1.54, 1.807) is 22.2 Å². The van der Waals surface area contributed by atoms with Crippen LogP contribution in [0.15, 0.2) is 103 Å². The van der Waals surface area contributed by atoms with Crippen molar-refractivity contribution < 1.29 is 38.1 Å². The molecule has 320 valence electrons. The minimum absolute atomic E-state index is 0.0134. The monoisotopic (exact) mass is 840 g/mol. The van der Waals surface area contributed by atoms with Crippen molar-refractivity contribution in [2.24, 2.45) is 0 Å². The molecule has 4 atom stereocenters. The molecule has 4 heterocycles. The second-order valence-electron chi connectivity index (χ2n) is 15.2. The smallest absolute Gasteiger partial charge is 0.407 e. The molecule has 2 saturated heterocycles. The third-order valence-corrected chi connectivity index (χ3v) is 11.4. The van der Waals surface area contributed by atoms with E-state index in [1.807, 2.05) is 36.4 Å². The van der Waals surface area contributed by atoms with Crippen molar-refractivity contribution in [2.45, 2.75) is 37.0 Å². The maximum atomic E-state index is 13.9. The molecule has 16 nitrogen and oxygen atoms in total. The van der Waals surface area contributed by atoms with E-state index < -0.39 is 30.3 Å². The van der Waals surface area contributed by atoms with E-state index in [9.17, 15) is 19.2 Å². The van der Waals surface area contributed by atoms with Crippen molar-refractivity contribution in [2.75, 3.05) is 54.2 Å². The Morgan fingerprint density at radius 3 is 2.00 bits per heavy atom. The highest BCUT2D eigenvalue weighted by atomic mass is 16.5. The lowest BCUT2D eigenvalue weighted by Crippen LogP contribution is -2.54. The number of likely N-dealkylation sites (tertiary alicyclic amines) is 1. The number of methoxy groups -OCH3 is 3. The molecule has 16 heteroatoms. The van der Waals surface area contributed by atoms with Crippen LogP contribution in [0.3, 0.4) is 0 Å². The van der Waals surface area contributed by atoms with Crippen LogP contribution in [-0.2, 0) is 28.5 Å². The van der Waals surface area contributed by atoms with Crippen molar-refractivity contribution in [3.8, 4) is 33.6 Å². The van der Waals surface area contributed by atoms with E-state index in [4.69, 9.17) is 23.9 Å². The largest absolute Gasteiger partial charge is 0.453 e. The lowest BCUT2D eigenvalue weighted by Gasteiger charge is -2.36. The average molecular weight is 841 g/mol. The molecule has 2 aromatic heterocycles. The van der Waals surface area contributed by atoms with Crippen LogP contribution in [0.5, 0.6) is 0 Å². The van der Waals surface area contributed by atoms with Gasteiger partial charge in [-0.25, -0.2) is 19.6 Å². The third kappa shape index (κ3) is 8.87. The maximum absolute atomic E-state index is 13.9. The zero-order valence-electron chi connectivity index (χ0n) is 34.6. The van der Waals surface area contributed by atoms with Gasteiger partial charge in [-0.2, -0.15) is 0 Å². The number of ether oxygens (including phenoxy) is 4. The van der Waals surface area contributed by atoms with Crippen LogP contribution >= 0.6 is 0 Å². The first-order chi connectivity index (χ1) is 30.2. The van der Waals surface area contributed by atoms with Crippen LogP contribution in [0.2, 0.25) is 0 Å². The van der Waals surface area contributed by atoms with Gasteiger partial charge < -0.3 is 49.3 Å². The van der Waals surface area contributed by atoms with Crippen molar-refractivity contribution in [1.82, 2.24) is 40.4 Å². The van der Waals surface area contributed by atoms with Gasteiger partial charge in [0.1, 0.15) is 29.8 Å². The van der Waals surface area contributed by atoms with E-state index in [2.05, 4.69) is 80.2 Å². The SMILES string of the molecule is COC[C@H](NC(=O)OC)C(=O)N1CCOC[C@H]1c1ncc(-c2ccc3cc(-c4ccc(-c5cnc([C@@H]6CCCN6C(=O)[C@H](NC(=O)OC)c6ccccc6)[nH]5)cc4)ccc3c2)[nH]1. The van der Waals surface area contributed by atoms with E-state index in [0.29, 0.717) is 36.9 Å². The molecule has 4 amide bonds. The van der Waals surface area contributed by atoms with Crippen LogP contribution in [-0.4, -0.2) is 114 Å². The summed E-state index contributed by atoms with van der Waals surface area (Å²) in [6.07, 6.45) is 3.71. The maximum Gasteiger partial charge on any atom is 0.407 e. The van der Waals surface area contributed by atoms with Gasteiger partial charge in [0.15, 0.2) is 0 Å². The second kappa shape index (κ2) is 18.7. The predicted molar refractivity (Wildman–Crippen MR) is 229 cm³/mol.